The molecule has 0 radical (unpaired) electrons. The minimum atomic E-state index is -0.423. The molecule has 5 nitrogen and oxygen atoms in total. The number of anilines is 1. The molecule has 0 aromatic heterocycles. The molecule has 0 amide bonds. The number of hydrogen-bond acceptors (Lipinski definition) is 4. The molecule has 6 heteroatoms. The number of benzene rings is 2. The van der Waals surface area contributed by atoms with Crippen LogP contribution < -0.4 is 10.1 Å². The molecule has 0 fully saturated rings. The first-order valence-electron chi connectivity index (χ1n) is 6.49. The molecule has 0 heterocycles. The molecule has 0 aliphatic rings. The van der Waals surface area contributed by atoms with E-state index in [1.54, 1.807) is 6.07 Å². The minimum absolute atomic E-state index is 0.0132. The Hall–Kier alpha value is -2.08. The van der Waals surface area contributed by atoms with Gasteiger partial charge in [0, 0.05) is 28.8 Å². The smallest absolute Gasteiger partial charge is 0.275 e. The fraction of sp³-hybridized carbons (Fsp3) is 0.200. The first-order chi connectivity index (χ1) is 10.1. The minimum Gasteiger partial charge on any atom is -0.489 e. The van der Waals surface area contributed by atoms with E-state index in [1.807, 2.05) is 31.2 Å². The summed E-state index contributed by atoms with van der Waals surface area (Å²) in [5.74, 6) is 0.475. The normalized spacial score (nSPS) is 10.2. The number of rotatable bonds is 6. The number of hydrogen-bond donors (Lipinski definition) is 1. The second-order valence-corrected chi connectivity index (χ2v) is 5.33. The van der Waals surface area contributed by atoms with Gasteiger partial charge in [-0.1, -0.05) is 28.1 Å². The van der Waals surface area contributed by atoms with Gasteiger partial charge in [-0.15, -0.1) is 0 Å². The van der Waals surface area contributed by atoms with Crippen molar-refractivity contribution in [2.75, 3.05) is 11.9 Å². The molecule has 2 rings (SSSR count). The number of nitro benzene ring substituents is 1. The summed E-state index contributed by atoms with van der Waals surface area (Å²) in [6, 6.07) is 12.4. The third-order valence-electron chi connectivity index (χ3n) is 2.80. The Kier molecular flexibility index (Phi) is 5.16. The fourth-order valence-electron chi connectivity index (χ4n) is 1.83. The van der Waals surface area contributed by atoms with E-state index in [1.165, 1.54) is 12.1 Å². The van der Waals surface area contributed by atoms with Gasteiger partial charge in [0.25, 0.3) is 5.69 Å². The van der Waals surface area contributed by atoms with E-state index in [0.717, 1.165) is 10.0 Å². The highest BCUT2D eigenvalue weighted by Crippen LogP contribution is 2.26. The second kappa shape index (κ2) is 7.08. The number of non-ortho nitro benzene ring substituents is 1. The van der Waals surface area contributed by atoms with E-state index in [4.69, 9.17) is 4.74 Å². The molecule has 2 aromatic rings. The van der Waals surface area contributed by atoms with Crippen molar-refractivity contribution < 1.29 is 9.66 Å². The van der Waals surface area contributed by atoms with Crippen molar-refractivity contribution in [2.24, 2.45) is 0 Å². The Balaban J connectivity index is 2.14. The molecule has 0 aliphatic carbocycles. The summed E-state index contributed by atoms with van der Waals surface area (Å²) in [5.41, 5.74) is 1.69. The molecular formula is C15H15BrN2O3. The molecule has 0 saturated carbocycles. The van der Waals surface area contributed by atoms with Gasteiger partial charge in [0.15, 0.2) is 0 Å². The van der Waals surface area contributed by atoms with Gasteiger partial charge in [-0.3, -0.25) is 10.1 Å². The Morgan fingerprint density at radius 1 is 1.24 bits per heavy atom. The van der Waals surface area contributed by atoms with Crippen molar-refractivity contribution in [3.8, 4) is 5.75 Å². The summed E-state index contributed by atoms with van der Waals surface area (Å²) >= 11 is 3.37. The Morgan fingerprint density at radius 3 is 2.57 bits per heavy atom. The van der Waals surface area contributed by atoms with Crippen LogP contribution in [0.15, 0.2) is 46.9 Å². The largest absolute Gasteiger partial charge is 0.489 e. The standard InChI is InChI=1S/C15H15BrN2O3/c1-2-17-13-7-14(18(19)20)9-15(8-13)21-10-11-3-5-12(16)6-4-11/h3-9,17H,2,10H2,1H3. The van der Waals surface area contributed by atoms with Crippen LogP contribution in [-0.2, 0) is 6.61 Å². The third-order valence-corrected chi connectivity index (χ3v) is 3.33. The Morgan fingerprint density at radius 2 is 1.95 bits per heavy atom. The zero-order valence-electron chi connectivity index (χ0n) is 11.5. The lowest BCUT2D eigenvalue weighted by Crippen LogP contribution is -2.00. The quantitative estimate of drug-likeness (QED) is 0.620. The molecule has 0 saturated heterocycles. The number of nitrogens with one attached hydrogen (secondary N) is 1. The number of nitrogens with zero attached hydrogens (tertiary/aromatic N) is 1. The predicted molar refractivity (Wildman–Crippen MR) is 85.7 cm³/mol. The average Bonchev–Trinajstić information content (AvgIpc) is 2.47. The van der Waals surface area contributed by atoms with Crippen LogP contribution in [-0.4, -0.2) is 11.5 Å². The van der Waals surface area contributed by atoms with Crippen LogP contribution in [0, 0.1) is 10.1 Å². The van der Waals surface area contributed by atoms with Crippen molar-refractivity contribution in [1.82, 2.24) is 0 Å². The maximum absolute atomic E-state index is 10.9. The van der Waals surface area contributed by atoms with Crippen LogP contribution in [0.1, 0.15) is 12.5 Å². The van der Waals surface area contributed by atoms with E-state index < -0.39 is 4.92 Å². The summed E-state index contributed by atoms with van der Waals surface area (Å²) < 4.78 is 6.65. The van der Waals surface area contributed by atoms with Gasteiger partial charge < -0.3 is 10.1 Å². The summed E-state index contributed by atoms with van der Waals surface area (Å²) in [6.07, 6.45) is 0. The van der Waals surface area contributed by atoms with Gasteiger partial charge in [0.2, 0.25) is 0 Å². The van der Waals surface area contributed by atoms with E-state index in [9.17, 15) is 10.1 Å². The number of nitro groups is 1. The highest BCUT2D eigenvalue weighted by Gasteiger charge is 2.10. The Bertz CT molecular complexity index is 629. The van der Waals surface area contributed by atoms with Crippen LogP contribution >= 0.6 is 15.9 Å². The lowest BCUT2D eigenvalue weighted by Gasteiger charge is -2.09. The first-order valence-corrected chi connectivity index (χ1v) is 7.28. The average molecular weight is 351 g/mol. The fourth-order valence-corrected chi connectivity index (χ4v) is 2.09. The van der Waals surface area contributed by atoms with Crippen molar-refractivity contribution >= 4 is 27.3 Å². The van der Waals surface area contributed by atoms with Crippen molar-refractivity contribution in [2.45, 2.75) is 13.5 Å². The maximum Gasteiger partial charge on any atom is 0.275 e. The van der Waals surface area contributed by atoms with Crippen molar-refractivity contribution in [1.29, 1.82) is 0 Å². The number of halogens is 1. The molecule has 0 bridgehead atoms. The van der Waals surface area contributed by atoms with E-state index in [0.29, 0.717) is 24.6 Å². The monoisotopic (exact) mass is 350 g/mol. The molecule has 1 N–H and O–H groups in total. The molecule has 0 spiro atoms. The molecule has 0 atom stereocenters. The summed E-state index contributed by atoms with van der Waals surface area (Å²) in [4.78, 5) is 10.5. The highest BCUT2D eigenvalue weighted by atomic mass is 79.9. The van der Waals surface area contributed by atoms with Gasteiger partial charge in [0.1, 0.15) is 12.4 Å². The van der Waals surface area contributed by atoms with Gasteiger partial charge in [0.05, 0.1) is 11.0 Å². The van der Waals surface area contributed by atoms with Crippen LogP contribution in [0.3, 0.4) is 0 Å². The summed E-state index contributed by atoms with van der Waals surface area (Å²) in [6.45, 7) is 2.98. The third kappa shape index (κ3) is 4.46. The molecule has 21 heavy (non-hydrogen) atoms. The molecule has 0 unspecified atom stereocenters. The SMILES string of the molecule is CCNc1cc(OCc2ccc(Br)cc2)cc([N+](=O)[O-])c1. The predicted octanol–water partition coefficient (Wildman–Crippen LogP) is 4.37. The zero-order chi connectivity index (χ0) is 15.2. The highest BCUT2D eigenvalue weighted by molar-refractivity contribution is 9.10. The second-order valence-electron chi connectivity index (χ2n) is 4.42. The summed E-state index contributed by atoms with van der Waals surface area (Å²) in [7, 11) is 0. The maximum atomic E-state index is 10.9. The first kappa shape index (κ1) is 15.3. The van der Waals surface area contributed by atoms with Crippen LogP contribution in [0.2, 0.25) is 0 Å². The molecule has 0 aliphatic heterocycles. The molecule has 2 aromatic carbocycles. The van der Waals surface area contributed by atoms with Crippen LogP contribution in [0.4, 0.5) is 11.4 Å². The van der Waals surface area contributed by atoms with Crippen LogP contribution in [0.5, 0.6) is 5.75 Å². The number of ether oxygens (including phenoxy) is 1. The van der Waals surface area contributed by atoms with Gasteiger partial charge in [-0.25, -0.2) is 0 Å². The zero-order valence-corrected chi connectivity index (χ0v) is 13.1. The lowest BCUT2D eigenvalue weighted by molar-refractivity contribution is -0.384. The van der Waals surface area contributed by atoms with Crippen LogP contribution in [0.25, 0.3) is 0 Å². The lowest BCUT2D eigenvalue weighted by atomic mass is 10.2. The summed E-state index contributed by atoms with van der Waals surface area (Å²) in [5, 5.41) is 14.0. The van der Waals surface area contributed by atoms with Gasteiger partial charge in [-0.2, -0.15) is 0 Å². The molecule has 110 valence electrons. The molecular weight excluding hydrogens is 336 g/mol. The van der Waals surface area contributed by atoms with Gasteiger partial charge in [-0.05, 0) is 24.6 Å². The van der Waals surface area contributed by atoms with Crippen molar-refractivity contribution in [3.05, 3.63) is 62.6 Å². The van der Waals surface area contributed by atoms with Crippen molar-refractivity contribution in [3.63, 3.8) is 0 Å². The Labute approximate surface area is 131 Å². The topological polar surface area (TPSA) is 64.4 Å². The van der Waals surface area contributed by atoms with E-state index in [2.05, 4.69) is 21.2 Å². The van der Waals surface area contributed by atoms with E-state index >= 15 is 0 Å². The van der Waals surface area contributed by atoms with Gasteiger partial charge >= 0.3 is 0 Å². The van der Waals surface area contributed by atoms with E-state index in [-0.39, 0.29) is 5.69 Å².